The van der Waals surface area contributed by atoms with E-state index in [1.807, 2.05) is 0 Å². The summed E-state index contributed by atoms with van der Waals surface area (Å²) in [7, 11) is 2.67. The SMILES string of the molecule is COCCCCC(=O)CC[C@H](NC(=O)c1ccc(N(Cc2cnc3nc(NC(=O)C(C)C)[nH]c(=O)c3n2)C(=O)C(F)(F)F)cc1)C(=O)OC. The number of carbonyl (C=O) groups is 5. The number of amides is 3. The van der Waals surface area contributed by atoms with Crippen molar-refractivity contribution in [3.8, 4) is 0 Å². The number of rotatable bonds is 16. The van der Waals surface area contributed by atoms with Gasteiger partial charge in [-0.05, 0) is 43.5 Å². The van der Waals surface area contributed by atoms with Crippen molar-refractivity contribution in [3.05, 3.63) is 52.1 Å². The van der Waals surface area contributed by atoms with Crippen LogP contribution in [-0.4, -0.2) is 82.5 Å². The zero-order valence-corrected chi connectivity index (χ0v) is 27.2. The number of fused-ring (bicyclic) bond motifs is 1. The minimum absolute atomic E-state index is 0.00403. The Labute approximate surface area is 278 Å². The van der Waals surface area contributed by atoms with Gasteiger partial charge in [0.2, 0.25) is 11.9 Å². The summed E-state index contributed by atoms with van der Waals surface area (Å²) in [5, 5.41) is 4.87. The second-order valence-corrected chi connectivity index (χ2v) is 11.1. The summed E-state index contributed by atoms with van der Waals surface area (Å²) in [6.45, 7) is 2.98. The number of ether oxygens (including phenoxy) is 2. The third-order valence-corrected chi connectivity index (χ3v) is 7.04. The second kappa shape index (κ2) is 17.2. The van der Waals surface area contributed by atoms with Gasteiger partial charge >= 0.3 is 18.1 Å². The van der Waals surface area contributed by atoms with Crippen LogP contribution in [-0.2, 0) is 35.2 Å². The average molecular weight is 692 g/mol. The van der Waals surface area contributed by atoms with Gasteiger partial charge in [0.15, 0.2) is 11.2 Å². The third-order valence-electron chi connectivity index (χ3n) is 7.04. The summed E-state index contributed by atoms with van der Waals surface area (Å²) in [5.41, 5.74) is -1.92. The molecular weight excluding hydrogens is 655 g/mol. The van der Waals surface area contributed by atoms with Gasteiger partial charge in [-0.3, -0.25) is 39.2 Å². The number of ketones is 1. The van der Waals surface area contributed by atoms with Gasteiger partial charge in [0.05, 0.1) is 25.5 Å². The number of aromatic nitrogens is 4. The predicted octanol–water partition coefficient (Wildman–Crippen LogP) is 2.84. The number of alkyl halides is 3. The molecule has 2 aromatic heterocycles. The van der Waals surface area contributed by atoms with Gasteiger partial charge < -0.3 is 14.8 Å². The molecule has 0 spiro atoms. The molecule has 3 rings (SSSR count). The van der Waals surface area contributed by atoms with E-state index in [0.29, 0.717) is 24.3 Å². The molecule has 0 radical (unpaired) electrons. The van der Waals surface area contributed by atoms with Gasteiger partial charge in [-0.2, -0.15) is 18.2 Å². The number of carbonyl (C=O) groups excluding carboxylic acids is 5. The van der Waals surface area contributed by atoms with E-state index in [-0.39, 0.29) is 59.1 Å². The highest BCUT2D eigenvalue weighted by Crippen LogP contribution is 2.26. The lowest BCUT2D eigenvalue weighted by molar-refractivity contribution is -0.170. The van der Waals surface area contributed by atoms with Crippen LogP contribution in [0.4, 0.5) is 24.8 Å². The molecule has 0 bridgehead atoms. The summed E-state index contributed by atoms with van der Waals surface area (Å²) in [6.07, 6.45) is -2.75. The number of Topliss-reactive ketones (excluding diaryl/α,β-unsaturated/α-hetero) is 1. The fraction of sp³-hybridized carbons (Fsp3) is 0.452. The highest BCUT2D eigenvalue weighted by Gasteiger charge is 2.43. The lowest BCUT2D eigenvalue weighted by Crippen LogP contribution is -2.42. The lowest BCUT2D eigenvalue weighted by atomic mass is 10.0. The van der Waals surface area contributed by atoms with Gasteiger partial charge in [0.1, 0.15) is 11.8 Å². The summed E-state index contributed by atoms with van der Waals surface area (Å²) < 4.78 is 50.6. The first-order valence-corrected chi connectivity index (χ1v) is 15.1. The molecule has 3 N–H and O–H groups in total. The van der Waals surface area contributed by atoms with Crippen molar-refractivity contribution < 1.29 is 46.6 Å². The van der Waals surface area contributed by atoms with Crippen LogP contribution >= 0.6 is 0 Å². The summed E-state index contributed by atoms with van der Waals surface area (Å²) in [5.74, 6) is -5.00. The Bertz CT molecular complexity index is 1730. The van der Waals surface area contributed by atoms with Crippen LogP contribution in [0.2, 0.25) is 0 Å². The Morgan fingerprint density at radius 3 is 2.31 bits per heavy atom. The molecule has 1 atom stereocenters. The molecule has 264 valence electrons. The molecule has 0 aliphatic heterocycles. The van der Waals surface area contributed by atoms with E-state index in [9.17, 15) is 41.9 Å². The molecule has 0 aliphatic rings. The van der Waals surface area contributed by atoms with Crippen LogP contribution in [0.5, 0.6) is 0 Å². The maximum atomic E-state index is 13.6. The molecule has 1 aromatic carbocycles. The standard InChI is InChI=1S/C31H36F3N7O8/c1-17(2)25(43)39-30-38-24-23(27(45)40-30)36-19(15-35-24)16-41(29(47)31(32,33)34)20-10-8-18(9-11-20)26(44)37-22(28(46)49-4)13-12-21(42)7-5-6-14-48-3/h8-11,15,17,22H,5-7,12-14,16H2,1-4H3,(H,37,44)(H2,35,38,39,40,43,45)/t22-/m0/s1. The van der Waals surface area contributed by atoms with Crippen molar-refractivity contribution in [2.45, 2.75) is 64.7 Å². The summed E-state index contributed by atoms with van der Waals surface area (Å²) in [4.78, 5) is 89.2. The number of benzene rings is 1. The fourth-order valence-electron chi connectivity index (χ4n) is 4.37. The van der Waals surface area contributed by atoms with Gasteiger partial charge in [-0.1, -0.05) is 13.8 Å². The summed E-state index contributed by atoms with van der Waals surface area (Å²) in [6, 6.07) is 3.29. The minimum Gasteiger partial charge on any atom is -0.467 e. The highest BCUT2D eigenvalue weighted by molar-refractivity contribution is 5.99. The monoisotopic (exact) mass is 691 g/mol. The first-order chi connectivity index (χ1) is 23.1. The quantitative estimate of drug-likeness (QED) is 0.147. The van der Waals surface area contributed by atoms with E-state index in [1.54, 1.807) is 21.0 Å². The van der Waals surface area contributed by atoms with Crippen molar-refractivity contribution in [2.75, 3.05) is 31.0 Å². The number of hydrogen-bond donors (Lipinski definition) is 3. The van der Waals surface area contributed by atoms with Crippen molar-refractivity contribution in [1.82, 2.24) is 25.3 Å². The van der Waals surface area contributed by atoms with E-state index in [1.165, 1.54) is 0 Å². The van der Waals surface area contributed by atoms with Crippen molar-refractivity contribution >= 4 is 52.3 Å². The lowest BCUT2D eigenvalue weighted by Gasteiger charge is -2.24. The second-order valence-electron chi connectivity index (χ2n) is 11.1. The molecule has 0 saturated heterocycles. The smallest absolute Gasteiger partial charge is 0.467 e. The Kier molecular flexibility index (Phi) is 13.4. The zero-order valence-electron chi connectivity index (χ0n) is 27.2. The molecule has 49 heavy (non-hydrogen) atoms. The van der Waals surface area contributed by atoms with Gasteiger partial charge in [-0.15, -0.1) is 0 Å². The van der Waals surface area contributed by atoms with Gasteiger partial charge in [-0.25, -0.2) is 14.8 Å². The number of aromatic amines is 1. The normalized spacial score (nSPS) is 12.0. The third kappa shape index (κ3) is 10.9. The first-order valence-electron chi connectivity index (χ1n) is 15.1. The Morgan fingerprint density at radius 1 is 1.00 bits per heavy atom. The molecule has 0 fully saturated rings. The molecule has 3 amide bonds. The van der Waals surface area contributed by atoms with E-state index >= 15 is 0 Å². The Balaban J connectivity index is 1.79. The van der Waals surface area contributed by atoms with Crippen LogP contribution < -0.4 is 21.1 Å². The number of esters is 1. The maximum Gasteiger partial charge on any atom is 0.471 e. The molecule has 0 aliphatic carbocycles. The molecule has 3 aromatic rings. The van der Waals surface area contributed by atoms with E-state index in [4.69, 9.17) is 9.47 Å². The predicted molar refractivity (Wildman–Crippen MR) is 168 cm³/mol. The Morgan fingerprint density at radius 2 is 1.69 bits per heavy atom. The minimum atomic E-state index is -5.31. The largest absolute Gasteiger partial charge is 0.471 e. The zero-order chi connectivity index (χ0) is 36.3. The number of halogens is 3. The number of nitrogens with one attached hydrogen (secondary N) is 3. The van der Waals surface area contributed by atoms with Crippen LogP contribution in [0.3, 0.4) is 0 Å². The molecular formula is C31H36F3N7O8. The van der Waals surface area contributed by atoms with E-state index < -0.39 is 53.9 Å². The fourth-order valence-corrected chi connectivity index (χ4v) is 4.37. The maximum absolute atomic E-state index is 13.6. The van der Waals surface area contributed by atoms with Crippen molar-refractivity contribution in [1.29, 1.82) is 0 Å². The van der Waals surface area contributed by atoms with Gasteiger partial charge in [0, 0.05) is 43.7 Å². The number of methoxy groups -OCH3 is 2. The van der Waals surface area contributed by atoms with Crippen LogP contribution in [0.25, 0.3) is 11.2 Å². The van der Waals surface area contributed by atoms with E-state index in [2.05, 4.69) is 30.6 Å². The van der Waals surface area contributed by atoms with E-state index in [0.717, 1.165) is 37.6 Å². The van der Waals surface area contributed by atoms with Crippen LogP contribution in [0.15, 0.2) is 35.3 Å². The number of hydrogen-bond acceptors (Lipinski definition) is 11. The number of anilines is 2. The molecule has 0 saturated carbocycles. The first kappa shape index (κ1) is 38.2. The number of H-pyrrole nitrogens is 1. The summed E-state index contributed by atoms with van der Waals surface area (Å²) >= 11 is 0. The molecule has 18 heteroatoms. The average Bonchev–Trinajstić information content (AvgIpc) is 3.06. The molecule has 2 heterocycles. The van der Waals surface area contributed by atoms with Crippen LogP contribution in [0.1, 0.15) is 62.0 Å². The van der Waals surface area contributed by atoms with Crippen molar-refractivity contribution in [3.63, 3.8) is 0 Å². The van der Waals surface area contributed by atoms with Gasteiger partial charge in [0.25, 0.3) is 11.5 Å². The van der Waals surface area contributed by atoms with Crippen LogP contribution in [0, 0.1) is 5.92 Å². The topological polar surface area (TPSA) is 203 Å². The number of unbranched alkanes of at least 4 members (excludes halogenated alkanes) is 1. The molecule has 0 unspecified atom stereocenters. The Hall–Kier alpha value is -5.26. The molecule has 15 nitrogen and oxygen atoms in total. The number of nitrogens with zero attached hydrogens (tertiary/aromatic N) is 4. The highest BCUT2D eigenvalue weighted by atomic mass is 19.4. The van der Waals surface area contributed by atoms with Crippen molar-refractivity contribution in [2.24, 2.45) is 5.92 Å².